The average molecular weight is 337 g/mol. The summed E-state index contributed by atoms with van der Waals surface area (Å²) in [6, 6.07) is 28.0. The maximum absolute atomic E-state index is 6.05. The SMILES string of the molecule is Clc1ccc([C@H]2C[C@H](c3ccccc3)c3ccccc3S2)cc1. The summed E-state index contributed by atoms with van der Waals surface area (Å²) in [6.45, 7) is 0. The van der Waals surface area contributed by atoms with Crippen molar-refractivity contribution in [3.63, 3.8) is 0 Å². The quantitative estimate of drug-likeness (QED) is 0.501. The van der Waals surface area contributed by atoms with Crippen LogP contribution in [0.5, 0.6) is 0 Å². The molecule has 0 bridgehead atoms. The molecule has 0 radical (unpaired) electrons. The van der Waals surface area contributed by atoms with E-state index in [1.165, 1.54) is 21.6 Å². The Balaban J connectivity index is 1.75. The predicted molar refractivity (Wildman–Crippen MR) is 99.4 cm³/mol. The van der Waals surface area contributed by atoms with Gasteiger partial charge in [-0.1, -0.05) is 72.3 Å². The van der Waals surface area contributed by atoms with Crippen LogP contribution in [0.3, 0.4) is 0 Å². The molecule has 3 aromatic carbocycles. The van der Waals surface area contributed by atoms with Gasteiger partial charge in [-0.15, -0.1) is 11.8 Å². The van der Waals surface area contributed by atoms with Gasteiger partial charge in [0, 0.05) is 21.1 Å². The van der Waals surface area contributed by atoms with Crippen LogP contribution < -0.4 is 0 Å². The van der Waals surface area contributed by atoms with Crippen LogP contribution in [-0.4, -0.2) is 0 Å². The Kier molecular flexibility index (Phi) is 4.15. The molecule has 0 spiro atoms. The number of thioether (sulfide) groups is 1. The van der Waals surface area contributed by atoms with Gasteiger partial charge in [0.05, 0.1) is 0 Å². The zero-order chi connectivity index (χ0) is 15.6. The first-order valence-electron chi connectivity index (χ1n) is 7.87. The van der Waals surface area contributed by atoms with Crippen molar-refractivity contribution in [3.05, 3.63) is 101 Å². The van der Waals surface area contributed by atoms with Crippen LogP contribution in [0.25, 0.3) is 0 Å². The molecule has 0 amide bonds. The lowest BCUT2D eigenvalue weighted by atomic mass is 9.85. The van der Waals surface area contributed by atoms with Gasteiger partial charge in [0.25, 0.3) is 0 Å². The van der Waals surface area contributed by atoms with E-state index in [2.05, 4.69) is 66.7 Å². The largest absolute Gasteiger partial charge is 0.118 e. The number of benzene rings is 3. The smallest absolute Gasteiger partial charge is 0.0406 e. The average Bonchev–Trinajstić information content (AvgIpc) is 2.62. The normalized spacial score (nSPS) is 20.0. The summed E-state index contributed by atoms with van der Waals surface area (Å²) >= 11 is 8.02. The Morgan fingerprint density at radius 1 is 0.739 bits per heavy atom. The van der Waals surface area contributed by atoms with Gasteiger partial charge < -0.3 is 0 Å². The first kappa shape index (κ1) is 14.9. The van der Waals surface area contributed by atoms with Gasteiger partial charge in [-0.25, -0.2) is 0 Å². The summed E-state index contributed by atoms with van der Waals surface area (Å²) in [6.07, 6.45) is 1.12. The summed E-state index contributed by atoms with van der Waals surface area (Å²) in [5.74, 6) is 0.453. The highest BCUT2D eigenvalue weighted by Crippen LogP contribution is 2.51. The van der Waals surface area contributed by atoms with Gasteiger partial charge in [-0.2, -0.15) is 0 Å². The minimum Gasteiger partial charge on any atom is -0.118 e. The Hall–Kier alpha value is -1.70. The molecule has 2 atom stereocenters. The minimum absolute atomic E-state index is 0.453. The minimum atomic E-state index is 0.453. The van der Waals surface area contributed by atoms with Crippen molar-refractivity contribution in [1.82, 2.24) is 0 Å². The molecule has 23 heavy (non-hydrogen) atoms. The second-order valence-corrected chi connectivity index (χ2v) is 7.58. The standard InChI is InChI=1S/C21H17ClS/c22-17-12-10-16(11-13-17)21-14-19(15-6-2-1-3-7-15)18-8-4-5-9-20(18)23-21/h1-13,19,21H,14H2/t19-,21-/m1/s1. The number of fused-ring (bicyclic) bond motifs is 1. The van der Waals surface area contributed by atoms with Crippen molar-refractivity contribution in [1.29, 1.82) is 0 Å². The van der Waals surface area contributed by atoms with Gasteiger partial charge >= 0.3 is 0 Å². The monoisotopic (exact) mass is 336 g/mol. The van der Waals surface area contributed by atoms with Crippen LogP contribution in [0, 0.1) is 0 Å². The van der Waals surface area contributed by atoms with Crippen molar-refractivity contribution < 1.29 is 0 Å². The van der Waals surface area contributed by atoms with Crippen molar-refractivity contribution >= 4 is 23.4 Å². The molecule has 0 saturated heterocycles. The highest BCUT2D eigenvalue weighted by molar-refractivity contribution is 7.99. The number of rotatable bonds is 2. The highest BCUT2D eigenvalue weighted by atomic mass is 35.5. The Morgan fingerprint density at radius 3 is 2.22 bits per heavy atom. The van der Waals surface area contributed by atoms with Gasteiger partial charge in [0.15, 0.2) is 0 Å². The molecule has 0 aliphatic carbocycles. The number of hydrogen-bond acceptors (Lipinski definition) is 1. The second kappa shape index (κ2) is 6.43. The van der Waals surface area contributed by atoms with E-state index < -0.39 is 0 Å². The van der Waals surface area contributed by atoms with Crippen molar-refractivity contribution in [2.24, 2.45) is 0 Å². The Morgan fingerprint density at radius 2 is 1.43 bits per heavy atom. The summed E-state index contributed by atoms with van der Waals surface area (Å²) in [5.41, 5.74) is 4.21. The molecule has 0 N–H and O–H groups in total. The molecule has 2 heteroatoms. The topological polar surface area (TPSA) is 0 Å². The van der Waals surface area contributed by atoms with Crippen LogP contribution >= 0.6 is 23.4 Å². The van der Waals surface area contributed by atoms with E-state index in [4.69, 9.17) is 11.6 Å². The molecule has 0 fully saturated rings. The zero-order valence-electron chi connectivity index (χ0n) is 12.7. The van der Waals surface area contributed by atoms with Crippen molar-refractivity contribution in [2.45, 2.75) is 22.5 Å². The molecule has 1 aliphatic rings. The van der Waals surface area contributed by atoms with E-state index in [0.717, 1.165) is 11.4 Å². The Labute approximate surface area is 146 Å². The molecule has 0 unspecified atom stereocenters. The van der Waals surface area contributed by atoms with Gasteiger partial charge in [-0.05, 0) is 41.3 Å². The van der Waals surface area contributed by atoms with Crippen LogP contribution in [0.15, 0.2) is 83.8 Å². The fourth-order valence-corrected chi connectivity index (χ4v) is 4.82. The lowest BCUT2D eigenvalue weighted by Gasteiger charge is -2.31. The molecule has 0 saturated carbocycles. The van der Waals surface area contributed by atoms with E-state index in [9.17, 15) is 0 Å². The van der Waals surface area contributed by atoms with Crippen molar-refractivity contribution in [3.8, 4) is 0 Å². The van der Waals surface area contributed by atoms with Crippen LogP contribution in [-0.2, 0) is 0 Å². The molecular weight excluding hydrogens is 320 g/mol. The van der Waals surface area contributed by atoms with E-state index >= 15 is 0 Å². The van der Waals surface area contributed by atoms with E-state index in [0.29, 0.717) is 11.2 Å². The third kappa shape index (κ3) is 3.04. The van der Waals surface area contributed by atoms with E-state index in [1.807, 2.05) is 23.9 Å². The number of halogens is 1. The fourth-order valence-electron chi connectivity index (χ4n) is 3.30. The van der Waals surface area contributed by atoms with Gasteiger partial charge in [-0.3, -0.25) is 0 Å². The highest BCUT2D eigenvalue weighted by Gasteiger charge is 2.29. The van der Waals surface area contributed by atoms with Crippen LogP contribution in [0.1, 0.15) is 34.3 Å². The molecular formula is C21H17ClS. The van der Waals surface area contributed by atoms with Crippen molar-refractivity contribution in [2.75, 3.05) is 0 Å². The molecule has 3 aromatic rings. The third-order valence-corrected chi connectivity index (χ3v) is 6.08. The molecule has 114 valence electrons. The lowest BCUT2D eigenvalue weighted by Crippen LogP contribution is -2.12. The first-order chi connectivity index (χ1) is 11.3. The fraction of sp³-hybridized carbons (Fsp3) is 0.143. The molecule has 1 heterocycles. The first-order valence-corrected chi connectivity index (χ1v) is 9.13. The van der Waals surface area contributed by atoms with E-state index in [-0.39, 0.29) is 0 Å². The maximum Gasteiger partial charge on any atom is 0.0406 e. The summed E-state index contributed by atoms with van der Waals surface area (Å²) in [7, 11) is 0. The maximum atomic E-state index is 6.05. The van der Waals surface area contributed by atoms with Crippen LogP contribution in [0.4, 0.5) is 0 Å². The molecule has 0 aromatic heterocycles. The second-order valence-electron chi connectivity index (χ2n) is 5.89. The van der Waals surface area contributed by atoms with Gasteiger partial charge in [0.1, 0.15) is 0 Å². The summed E-state index contributed by atoms with van der Waals surface area (Å²) in [5, 5.41) is 1.27. The molecule has 1 aliphatic heterocycles. The van der Waals surface area contributed by atoms with Gasteiger partial charge in [0.2, 0.25) is 0 Å². The third-order valence-electron chi connectivity index (χ3n) is 4.46. The number of hydrogen-bond donors (Lipinski definition) is 0. The predicted octanol–water partition coefficient (Wildman–Crippen LogP) is 6.71. The van der Waals surface area contributed by atoms with E-state index in [1.54, 1.807) is 0 Å². The Bertz CT molecular complexity index is 796. The molecule has 4 rings (SSSR count). The zero-order valence-corrected chi connectivity index (χ0v) is 14.2. The lowest BCUT2D eigenvalue weighted by molar-refractivity contribution is 0.677. The molecule has 0 nitrogen and oxygen atoms in total. The summed E-state index contributed by atoms with van der Waals surface area (Å²) in [4.78, 5) is 1.40. The summed E-state index contributed by atoms with van der Waals surface area (Å²) < 4.78 is 0. The van der Waals surface area contributed by atoms with Crippen LogP contribution in [0.2, 0.25) is 5.02 Å².